The highest BCUT2D eigenvalue weighted by Gasteiger charge is 2.28. The Kier molecular flexibility index (Phi) is 3.35. The van der Waals surface area contributed by atoms with Gasteiger partial charge >= 0.3 is 0 Å². The van der Waals surface area contributed by atoms with Gasteiger partial charge in [-0.2, -0.15) is 0 Å². The largest absolute Gasteiger partial charge is 0.369 e. The smallest absolute Gasteiger partial charge is 0.231 e. The lowest BCUT2D eigenvalue weighted by molar-refractivity contribution is -0.127. The molecule has 0 aliphatic heterocycles. The minimum Gasteiger partial charge on any atom is -0.369 e. The number of aromatic nitrogens is 2. The van der Waals surface area contributed by atoms with Crippen molar-refractivity contribution in [1.82, 2.24) is 10.2 Å². The van der Waals surface area contributed by atoms with E-state index in [0.717, 1.165) is 0 Å². The van der Waals surface area contributed by atoms with E-state index in [1.54, 1.807) is 13.8 Å². The molecule has 81 valence electrons. The number of nitrogens with zero attached hydrogens (tertiary/aromatic N) is 2. The van der Waals surface area contributed by atoms with Crippen LogP contribution in [-0.2, 0) is 9.59 Å². The summed E-state index contributed by atoms with van der Waals surface area (Å²) < 4.78 is 0. The van der Waals surface area contributed by atoms with Gasteiger partial charge in [0, 0.05) is 0 Å². The van der Waals surface area contributed by atoms with Crippen molar-refractivity contribution in [2.24, 2.45) is 11.1 Å². The molecular formula is C8H11N4O2S. The highest BCUT2D eigenvalue weighted by atomic mass is 32.1. The van der Waals surface area contributed by atoms with E-state index in [1.165, 1.54) is 23.3 Å². The van der Waals surface area contributed by atoms with Gasteiger partial charge in [0.05, 0.1) is 11.8 Å². The number of rotatable bonds is 4. The molecule has 0 atom stereocenters. The third kappa shape index (κ3) is 3.28. The van der Waals surface area contributed by atoms with Crippen LogP contribution in [0.1, 0.15) is 13.8 Å². The first-order valence-electron chi connectivity index (χ1n) is 4.15. The molecule has 6 nitrogen and oxygen atoms in total. The molecule has 0 bridgehead atoms. The number of carbonyl (C=O) groups is 2. The average Bonchev–Trinajstić information content (AvgIpc) is 2.54. The molecule has 0 spiro atoms. The Labute approximate surface area is 90.9 Å². The van der Waals surface area contributed by atoms with Crippen LogP contribution in [-0.4, -0.2) is 22.0 Å². The van der Waals surface area contributed by atoms with E-state index in [4.69, 9.17) is 5.73 Å². The van der Waals surface area contributed by atoms with Crippen LogP contribution in [0.25, 0.3) is 0 Å². The van der Waals surface area contributed by atoms with Gasteiger partial charge < -0.3 is 11.1 Å². The Hall–Kier alpha value is -1.50. The Morgan fingerprint density at radius 3 is 2.73 bits per heavy atom. The maximum atomic E-state index is 11.4. The molecule has 0 aromatic carbocycles. The number of nitrogens with two attached hydrogens (primary N) is 1. The van der Waals surface area contributed by atoms with Gasteiger partial charge in [0.1, 0.15) is 5.51 Å². The molecule has 1 heterocycles. The number of hydrogen-bond acceptors (Lipinski definition) is 5. The number of nitrogens with one attached hydrogen (secondary N) is 1. The standard InChI is InChI=1S/C8H11N4O2S/c1-8(2,6(9)14)3-5(13)11-7-12-10-4-15-7/h3-4H,1-2H3,(H2,9,14)(H,11,12,13). The van der Waals surface area contributed by atoms with Crippen molar-refractivity contribution < 1.29 is 9.59 Å². The van der Waals surface area contributed by atoms with Gasteiger partial charge in [0.2, 0.25) is 16.9 Å². The molecule has 3 N–H and O–H groups in total. The normalized spacial score (nSPS) is 11.1. The predicted molar refractivity (Wildman–Crippen MR) is 55.8 cm³/mol. The van der Waals surface area contributed by atoms with E-state index >= 15 is 0 Å². The fourth-order valence-corrected chi connectivity index (χ4v) is 1.22. The summed E-state index contributed by atoms with van der Waals surface area (Å²) in [5, 5.41) is 10.0. The van der Waals surface area contributed by atoms with E-state index in [2.05, 4.69) is 15.5 Å². The van der Waals surface area contributed by atoms with Gasteiger partial charge in [-0.25, -0.2) is 0 Å². The molecule has 0 fully saturated rings. The lowest BCUT2D eigenvalue weighted by atomic mass is 9.88. The zero-order valence-electron chi connectivity index (χ0n) is 8.35. The predicted octanol–water partition coefficient (Wildman–Crippen LogP) is 0.192. The number of primary amides is 1. The van der Waals surface area contributed by atoms with Crippen molar-refractivity contribution in [3.8, 4) is 0 Å². The summed E-state index contributed by atoms with van der Waals surface area (Å²) in [6.45, 7) is 3.13. The first-order valence-corrected chi connectivity index (χ1v) is 5.03. The minimum atomic E-state index is -0.977. The lowest BCUT2D eigenvalue weighted by Gasteiger charge is -2.18. The lowest BCUT2D eigenvalue weighted by Crippen LogP contribution is -2.35. The summed E-state index contributed by atoms with van der Waals surface area (Å²) in [4.78, 5) is 22.3. The Morgan fingerprint density at radius 1 is 1.60 bits per heavy atom. The highest BCUT2D eigenvalue weighted by molar-refractivity contribution is 7.13. The molecule has 7 heteroatoms. The SMILES string of the molecule is CC(C)([CH]C(=O)Nc1nncs1)C(N)=O. The van der Waals surface area contributed by atoms with Crippen molar-refractivity contribution in [1.29, 1.82) is 0 Å². The quantitative estimate of drug-likeness (QED) is 0.767. The number of carbonyl (C=O) groups excluding carboxylic acids is 2. The van der Waals surface area contributed by atoms with Gasteiger partial charge in [-0.15, -0.1) is 10.2 Å². The third-order valence-electron chi connectivity index (χ3n) is 1.72. The van der Waals surface area contributed by atoms with Gasteiger partial charge in [-0.3, -0.25) is 9.59 Å². The van der Waals surface area contributed by atoms with Crippen molar-refractivity contribution in [2.45, 2.75) is 13.8 Å². The van der Waals surface area contributed by atoms with Crippen LogP contribution in [0.4, 0.5) is 5.13 Å². The fraction of sp³-hybridized carbons (Fsp3) is 0.375. The maximum absolute atomic E-state index is 11.4. The Balaban J connectivity index is 2.53. The first kappa shape index (κ1) is 11.6. The summed E-state index contributed by atoms with van der Waals surface area (Å²) in [7, 11) is 0. The van der Waals surface area contributed by atoms with Crippen LogP contribution in [0.3, 0.4) is 0 Å². The van der Waals surface area contributed by atoms with Crippen molar-refractivity contribution in [3.05, 3.63) is 11.9 Å². The van der Waals surface area contributed by atoms with Gasteiger partial charge in [-0.1, -0.05) is 25.2 Å². The summed E-state index contributed by atoms with van der Waals surface area (Å²) in [5.41, 5.74) is 5.63. The molecule has 0 aliphatic rings. The molecule has 0 aliphatic carbocycles. The van der Waals surface area contributed by atoms with Crippen LogP contribution in [0.5, 0.6) is 0 Å². The second-order valence-corrected chi connectivity index (χ2v) is 4.30. The molecule has 1 aromatic rings. The van der Waals surface area contributed by atoms with Crippen LogP contribution in [0.15, 0.2) is 5.51 Å². The Morgan fingerprint density at radius 2 is 2.27 bits per heavy atom. The zero-order chi connectivity index (χ0) is 11.5. The fourth-order valence-electron chi connectivity index (χ4n) is 0.768. The van der Waals surface area contributed by atoms with Crippen molar-refractivity contribution in [2.75, 3.05) is 5.32 Å². The molecule has 15 heavy (non-hydrogen) atoms. The van der Waals surface area contributed by atoms with Crippen LogP contribution >= 0.6 is 11.3 Å². The molecule has 1 rings (SSSR count). The van der Waals surface area contributed by atoms with Crippen molar-refractivity contribution >= 4 is 28.3 Å². The van der Waals surface area contributed by atoms with Crippen LogP contribution < -0.4 is 11.1 Å². The summed E-state index contributed by atoms with van der Waals surface area (Å²) in [6, 6.07) is 0. The summed E-state index contributed by atoms with van der Waals surface area (Å²) >= 11 is 1.20. The number of amides is 2. The van der Waals surface area contributed by atoms with E-state index in [-0.39, 0.29) is 0 Å². The molecule has 1 aromatic heterocycles. The monoisotopic (exact) mass is 227 g/mol. The van der Waals surface area contributed by atoms with Gasteiger partial charge in [0.25, 0.3) is 0 Å². The van der Waals surface area contributed by atoms with Crippen LogP contribution in [0.2, 0.25) is 0 Å². The second-order valence-electron chi connectivity index (χ2n) is 3.46. The average molecular weight is 227 g/mol. The van der Waals surface area contributed by atoms with Crippen LogP contribution in [0, 0.1) is 11.8 Å². The summed E-state index contributed by atoms with van der Waals surface area (Å²) in [6.07, 6.45) is 1.22. The number of anilines is 1. The number of hydrogen-bond donors (Lipinski definition) is 2. The topological polar surface area (TPSA) is 98.0 Å². The summed E-state index contributed by atoms with van der Waals surface area (Å²) in [5.74, 6) is -0.981. The highest BCUT2D eigenvalue weighted by Crippen LogP contribution is 2.19. The third-order valence-corrected chi connectivity index (χ3v) is 2.32. The van der Waals surface area contributed by atoms with Gasteiger partial charge in [0.15, 0.2) is 0 Å². The van der Waals surface area contributed by atoms with Gasteiger partial charge in [-0.05, 0) is 0 Å². The molecular weight excluding hydrogens is 216 g/mol. The first-order chi connectivity index (χ1) is 6.92. The minimum absolute atomic E-state index is 0.386. The molecule has 0 saturated heterocycles. The Bertz CT molecular complexity index is 361. The molecule has 0 saturated carbocycles. The van der Waals surface area contributed by atoms with E-state index in [9.17, 15) is 9.59 Å². The molecule has 2 amide bonds. The van der Waals surface area contributed by atoms with E-state index in [1.807, 2.05) is 0 Å². The zero-order valence-corrected chi connectivity index (χ0v) is 9.17. The van der Waals surface area contributed by atoms with E-state index in [0.29, 0.717) is 5.13 Å². The second kappa shape index (κ2) is 4.35. The van der Waals surface area contributed by atoms with Crippen molar-refractivity contribution in [3.63, 3.8) is 0 Å². The van der Waals surface area contributed by atoms with E-state index < -0.39 is 17.2 Å². The maximum Gasteiger partial charge on any atom is 0.231 e. The molecule has 1 radical (unpaired) electrons. The molecule has 0 unspecified atom stereocenters.